The monoisotopic (exact) mass is 360 g/mol. The number of nitrogens with zero attached hydrogens (tertiary/aromatic N) is 2. The standard InChI is InChI=1S/C21H36N4O/c1-4-5-6-8-18(2)24-21(22-3)23-16-19-9-7-10-20(15-19)17-25-11-13-26-14-12-25/h7,9-10,15,18H,4-6,8,11-14,16-17H2,1-3H3,(H2,22,23,24). The third kappa shape index (κ3) is 7.75. The molecule has 0 amide bonds. The summed E-state index contributed by atoms with van der Waals surface area (Å²) in [7, 11) is 1.84. The smallest absolute Gasteiger partial charge is 0.191 e. The Bertz CT molecular complexity index is 541. The third-order valence-electron chi connectivity index (χ3n) is 4.81. The summed E-state index contributed by atoms with van der Waals surface area (Å²) in [6, 6.07) is 9.27. The fourth-order valence-electron chi connectivity index (χ4n) is 3.24. The van der Waals surface area contributed by atoms with Gasteiger partial charge in [0.05, 0.1) is 13.2 Å². The lowest BCUT2D eigenvalue weighted by atomic mass is 10.1. The van der Waals surface area contributed by atoms with Crippen molar-refractivity contribution in [2.45, 2.75) is 58.7 Å². The maximum absolute atomic E-state index is 5.43. The van der Waals surface area contributed by atoms with Crippen LogP contribution in [0.4, 0.5) is 0 Å². The minimum atomic E-state index is 0.445. The van der Waals surface area contributed by atoms with E-state index in [1.165, 1.54) is 36.8 Å². The van der Waals surface area contributed by atoms with E-state index in [1.807, 2.05) is 7.05 Å². The number of rotatable bonds is 9. The normalized spacial score (nSPS) is 17.1. The van der Waals surface area contributed by atoms with Gasteiger partial charge in [-0.15, -0.1) is 0 Å². The van der Waals surface area contributed by atoms with Crippen LogP contribution < -0.4 is 10.6 Å². The van der Waals surface area contributed by atoms with Gasteiger partial charge in [0.25, 0.3) is 0 Å². The van der Waals surface area contributed by atoms with Crippen molar-refractivity contribution in [3.63, 3.8) is 0 Å². The number of aliphatic imine (C=N–C) groups is 1. The first-order valence-electron chi connectivity index (χ1n) is 10.1. The third-order valence-corrected chi connectivity index (χ3v) is 4.81. The number of hydrogen-bond donors (Lipinski definition) is 2. The molecule has 1 fully saturated rings. The van der Waals surface area contributed by atoms with Crippen molar-refractivity contribution in [3.05, 3.63) is 35.4 Å². The Morgan fingerprint density at radius 2 is 2.00 bits per heavy atom. The topological polar surface area (TPSA) is 48.9 Å². The molecule has 1 aliphatic rings. The predicted octanol–water partition coefficient (Wildman–Crippen LogP) is 3.15. The summed E-state index contributed by atoms with van der Waals surface area (Å²) in [6.07, 6.45) is 5.02. The molecule has 1 aromatic carbocycles. The van der Waals surface area contributed by atoms with Gasteiger partial charge in [0.1, 0.15) is 0 Å². The summed E-state index contributed by atoms with van der Waals surface area (Å²) in [5, 5.41) is 6.94. The molecule has 1 unspecified atom stereocenters. The lowest BCUT2D eigenvalue weighted by Gasteiger charge is -2.26. The van der Waals surface area contributed by atoms with Crippen LogP contribution >= 0.6 is 0 Å². The summed E-state index contributed by atoms with van der Waals surface area (Å²) in [6.45, 7) is 10.00. The molecule has 0 aromatic heterocycles. The SMILES string of the molecule is CCCCCC(C)NC(=NC)NCc1cccc(CN2CCOCC2)c1. The highest BCUT2D eigenvalue weighted by Gasteiger charge is 2.11. The predicted molar refractivity (Wildman–Crippen MR) is 109 cm³/mol. The fourth-order valence-corrected chi connectivity index (χ4v) is 3.24. The second-order valence-electron chi connectivity index (χ2n) is 7.18. The van der Waals surface area contributed by atoms with Crippen molar-refractivity contribution in [2.75, 3.05) is 33.4 Å². The highest BCUT2D eigenvalue weighted by Crippen LogP contribution is 2.10. The number of nitrogens with one attached hydrogen (secondary N) is 2. The highest BCUT2D eigenvalue weighted by atomic mass is 16.5. The van der Waals surface area contributed by atoms with Crippen LogP contribution in [0.3, 0.4) is 0 Å². The van der Waals surface area contributed by atoms with Crippen molar-refractivity contribution in [2.24, 2.45) is 4.99 Å². The largest absolute Gasteiger partial charge is 0.379 e. The summed E-state index contributed by atoms with van der Waals surface area (Å²) in [5.41, 5.74) is 2.65. The lowest BCUT2D eigenvalue weighted by Crippen LogP contribution is -2.41. The van der Waals surface area contributed by atoms with Gasteiger partial charge in [-0.1, -0.05) is 50.5 Å². The number of morpholine rings is 1. The van der Waals surface area contributed by atoms with E-state index < -0.39 is 0 Å². The molecule has 2 rings (SSSR count). The first kappa shape index (κ1) is 20.7. The Hall–Kier alpha value is -1.59. The maximum atomic E-state index is 5.43. The Labute approximate surface area is 159 Å². The molecular weight excluding hydrogens is 324 g/mol. The Morgan fingerprint density at radius 1 is 1.23 bits per heavy atom. The molecule has 0 saturated carbocycles. The van der Waals surface area contributed by atoms with Crippen molar-refractivity contribution < 1.29 is 4.74 Å². The lowest BCUT2D eigenvalue weighted by molar-refractivity contribution is 0.0342. The van der Waals surface area contributed by atoms with Crippen molar-refractivity contribution in [3.8, 4) is 0 Å². The van der Waals surface area contributed by atoms with E-state index in [1.54, 1.807) is 0 Å². The molecule has 0 radical (unpaired) electrons. The Kier molecular flexibility index (Phi) is 9.50. The van der Waals surface area contributed by atoms with E-state index in [4.69, 9.17) is 4.74 Å². The number of hydrogen-bond acceptors (Lipinski definition) is 3. The zero-order valence-electron chi connectivity index (χ0n) is 16.8. The van der Waals surface area contributed by atoms with E-state index in [2.05, 4.69) is 58.6 Å². The van der Waals surface area contributed by atoms with Crippen molar-refractivity contribution >= 4 is 5.96 Å². The molecule has 1 aromatic rings. The summed E-state index contributed by atoms with van der Waals surface area (Å²) in [5.74, 6) is 0.882. The molecule has 5 nitrogen and oxygen atoms in total. The van der Waals surface area contributed by atoms with Crippen LogP contribution in [0.25, 0.3) is 0 Å². The Morgan fingerprint density at radius 3 is 2.73 bits per heavy atom. The van der Waals surface area contributed by atoms with Crippen LogP contribution in [0.5, 0.6) is 0 Å². The summed E-state index contributed by atoms with van der Waals surface area (Å²) >= 11 is 0. The first-order valence-corrected chi connectivity index (χ1v) is 10.1. The van der Waals surface area contributed by atoms with E-state index in [-0.39, 0.29) is 0 Å². The maximum Gasteiger partial charge on any atom is 0.191 e. The fraction of sp³-hybridized carbons (Fsp3) is 0.667. The molecule has 1 heterocycles. The highest BCUT2D eigenvalue weighted by molar-refractivity contribution is 5.79. The van der Waals surface area contributed by atoms with Crippen molar-refractivity contribution in [1.29, 1.82) is 0 Å². The van der Waals surface area contributed by atoms with Crippen LogP contribution in [0.2, 0.25) is 0 Å². The molecule has 1 aliphatic heterocycles. The number of unbranched alkanes of at least 4 members (excludes halogenated alkanes) is 2. The zero-order chi connectivity index (χ0) is 18.6. The van der Waals surface area contributed by atoms with Crippen molar-refractivity contribution in [1.82, 2.24) is 15.5 Å². The molecule has 1 saturated heterocycles. The van der Waals surface area contributed by atoms with Crippen LogP contribution in [-0.4, -0.2) is 50.3 Å². The van der Waals surface area contributed by atoms with Gasteiger partial charge in [-0.05, 0) is 24.5 Å². The molecule has 146 valence electrons. The molecule has 26 heavy (non-hydrogen) atoms. The van der Waals surface area contributed by atoms with E-state index >= 15 is 0 Å². The van der Waals surface area contributed by atoms with Gasteiger partial charge in [-0.25, -0.2) is 0 Å². The molecule has 0 aliphatic carbocycles. The second-order valence-corrected chi connectivity index (χ2v) is 7.18. The van der Waals surface area contributed by atoms with Crippen LogP contribution in [-0.2, 0) is 17.8 Å². The van der Waals surface area contributed by atoms with Gasteiger partial charge in [-0.3, -0.25) is 9.89 Å². The van der Waals surface area contributed by atoms with Gasteiger partial charge in [0, 0.05) is 39.3 Å². The Balaban J connectivity index is 1.78. The number of guanidine groups is 1. The summed E-state index contributed by atoms with van der Waals surface area (Å²) in [4.78, 5) is 6.81. The van der Waals surface area contributed by atoms with Crippen LogP contribution in [0.15, 0.2) is 29.3 Å². The van der Waals surface area contributed by atoms with Gasteiger partial charge in [0.2, 0.25) is 0 Å². The van der Waals surface area contributed by atoms with E-state index in [0.717, 1.165) is 45.4 Å². The van der Waals surface area contributed by atoms with Gasteiger partial charge in [0.15, 0.2) is 5.96 Å². The zero-order valence-corrected chi connectivity index (χ0v) is 16.8. The van der Waals surface area contributed by atoms with Gasteiger partial charge >= 0.3 is 0 Å². The molecule has 1 atom stereocenters. The minimum Gasteiger partial charge on any atom is -0.379 e. The van der Waals surface area contributed by atoms with E-state index in [9.17, 15) is 0 Å². The molecule has 0 spiro atoms. The average molecular weight is 361 g/mol. The van der Waals surface area contributed by atoms with E-state index in [0.29, 0.717) is 6.04 Å². The molecule has 0 bridgehead atoms. The van der Waals surface area contributed by atoms with Gasteiger partial charge < -0.3 is 15.4 Å². The van der Waals surface area contributed by atoms with Crippen LogP contribution in [0, 0.1) is 0 Å². The molecule has 2 N–H and O–H groups in total. The quantitative estimate of drug-likeness (QED) is 0.403. The first-order chi connectivity index (χ1) is 12.7. The number of ether oxygens (including phenoxy) is 1. The van der Waals surface area contributed by atoms with Gasteiger partial charge in [-0.2, -0.15) is 0 Å². The summed E-state index contributed by atoms with van der Waals surface area (Å²) < 4.78 is 5.43. The molecular formula is C21H36N4O. The second kappa shape index (κ2) is 11.9. The van der Waals surface area contributed by atoms with Crippen LogP contribution in [0.1, 0.15) is 50.7 Å². The number of benzene rings is 1. The molecule has 5 heteroatoms. The average Bonchev–Trinajstić information content (AvgIpc) is 2.66. The minimum absolute atomic E-state index is 0.445.